The first-order chi connectivity index (χ1) is 49.6. The lowest BCUT2D eigenvalue weighted by Crippen LogP contribution is -2.47. The molecule has 1 aliphatic rings. The number of amides is 10. The van der Waals surface area contributed by atoms with E-state index in [0.717, 1.165) is 4.90 Å². The van der Waals surface area contributed by atoms with Crippen LogP contribution in [-0.4, -0.2) is 187 Å². The van der Waals surface area contributed by atoms with Crippen molar-refractivity contribution in [3.05, 3.63) is 71.3 Å². The zero-order chi connectivity index (χ0) is 81.6. The first-order valence-corrected chi connectivity index (χ1v) is 34.5. The zero-order valence-corrected chi connectivity index (χ0v) is 66.3. The molecule has 0 bridgehead atoms. The van der Waals surface area contributed by atoms with Crippen LogP contribution in [0.5, 0.6) is 23.0 Å². The number of imide groups is 1. The van der Waals surface area contributed by atoms with Gasteiger partial charge in [0.1, 0.15) is 71.2 Å². The number of carbonyl (C=O) groups excluding carboxylic acids is 10. The first-order valence-electron chi connectivity index (χ1n) is 34.5. The molecule has 1 heterocycles. The van der Waals surface area contributed by atoms with Gasteiger partial charge in [0, 0.05) is 16.7 Å². The summed E-state index contributed by atoms with van der Waals surface area (Å²) in [5.74, 6) is -3.22. The molecule has 8 N–H and O–H groups in total. The Morgan fingerprint density at radius 1 is 0.296 bits per heavy atom. The number of guanidine groups is 4. The van der Waals surface area contributed by atoms with E-state index in [0.29, 0.717) is 0 Å². The number of hydrogen-bond donors (Lipinski definition) is 8. The van der Waals surface area contributed by atoms with Crippen molar-refractivity contribution in [2.75, 3.05) is 52.6 Å². The highest BCUT2D eigenvalue weighted by molar-refractivity contribution is 6.21. The second-order valence-corrected chi connectivity index (χ2v) is 31.6. The van der Waals surface area contributed by atoms with Gasteiger partial charge in [-0.3, -0.25) is 57.0 Å². The Morgan fingerprint density at radius 3 is 0.815 bits per heavy atom. The second kappa shape index (κ2) is 37.9. The second-order valence-electron chi connectivity index (χ2n) is 31.6. The van der Waals surface area contributed by atoms with E-state index < -0.39 is 143 Å². The molecule has 3 aromatic rings. The molecule has 35 heteroatoms. The molecule has 0 fully saturated rings. The predicted molar refractivity (Wildman–Crippen MR) is 399 cm³/mol. The summed E-state index contributed by atoms with van der Waals surface area (Å²) in [6, 6.07) is 14.0. The van der Waals surface area contributed by atoms with Crippen LogP contribution in [0.15, 0.2) is 74.6 Å². The molecule has 0 aromatic heterocycles. The maximum atomic E-state index is 14.2. The van der Waals surface area contributed by atoms with Gasteiger partial charge in [0.25, 0.3) is 11.8 Å². The van der Waals surface area contributed by atoms with Crippen LogP contribution in [-0.2, 0) is 44.4 Å². The van der Waals surface area contributed by atoms with Gasteiger partial charge in [-0.05, 0) is 190 Å². The molecule has 0 radical (unpaired) electrons. The number of hydrogen-bond acceptors (Lipinski definition) is 26. The van der Waals surface area contributed by atoms with Gasteiger partial charge in [-0.25, -0.2) is 58.3 Å². The average Bonchev–Trinajstić information content (AvgIpc) is 1.43. The molecular formula is C73H107N13O22. The monoisotopic (exact) mass is 1520 g/mol. The maximum Gasteiger partial charge on any atom is 0.414 e. The third-order valence-electron chi connectivity index (χ3n) is 12.1. The minimum absolute atomic E-state index is 0.00320. The van der Waals surface area contributed by atoms with Crippen LogP contribution in [0, 0.1) is 0 Å². The summed E-state index contributed by atoms with van der Waals surface area (Å²) in [6.07, 6.45) is -7.86. The van der Waals surface area contributed by atoms with Crippen molar-refractivity contribution in [3.63, 3.8) is 0 Å². The van der Waals surface area contributed by atoms with E-state index in [4.69, 9.17) is 56.8 Å². The summed E-state index contributed by atoms with van der Waals surface area (Å²) >= 11 is 0. The highest BCUT2D eigenvalue weighted by Crippen LogP contribution is 2.47. The van der Waals surface area contributed by atoms with E-state index in [1.807, 2.05) is 0 Å². The number of nitrogens with one attached hydrogen (secondary N) is 8. The molecular weight excluding hydrogens is 1410 g/mol. The van der Waals surface area contributed by atoms with Gasteiger partial charge in [-0.2, -0.15) is 0 Å². The van der Waals surface area contributed by atoms with Crippen molar-refractivity contribution in [2.45, 2.75) is 218 Å². The third kappa shape index (κ3) is 34.8. The molecule has 4 rings (SSSR count). The van der Waals surface area contributed by atoms with Crippen LogP contribution < -0.4 is 61.5 Å². The van der Waals surface area contributed by atoms with Crippen LogP contribution in [0.1, 0.15) is 192 Å². The Labute approximate surface area is 629 Å². The van der Waals surface area contributed by atoms with Crippen molar-refractivity contribution >= 4 is 84.4 Å². The molecule has 1 aliphatic heterocycles. The van der Waals surface area contributed by atoms with E-state index in [9.17, 15) is 47.9 Å². The molecule has 0 spiro atoms. The fourth-order valence-corrected chi connectivity index (χ4v) is 8.66. The molecule has 0 aliphatic carbocycles. The number of rotatable bonds is 19. The van der Waals surface area contributed by atoms with Crippen LogP contribution in [0.3, 0.4) is 0 Å². The number of alkyl carbamates (subject to hydrolysis) is 8. The predicted octanol–water partition coefficient (Wildman–Crippen LogP) is 11.3. The Kier molecular flexibility index (Phi) is 31.3. The average molecular weight is 1520 g/mol. The minimum Gasteiger partial charge on any atom is -0.488 e. The normalized spacial score (nSPS) is 12.4. The van der Waals surface area contributed by atoms with E-state index in [-0.39, 0.29) is 96.2 Å². The Balaban J connectivity index is 2.11. The van der Waals surface area contributed by atoms with E-state index in [1.165, 1.54) is 18.2 Å². The van der Waals surface area contributed by atoms with Crippen LogP contribution in [0.25, 0.3) is 11.1 Å². The Hall–Kier alpha value is -11.2. The van der Waals surface area contributed by atoms with Gasteiger partial charge in [0.15, 0.2) is 23.0 Å². The molecule has 0 saturated carbocycles. The standard InChI is InChI=1S/C73H107N13O22/c1-66(2,3)101-58(89)78-54(79-59(90)102-67(4,5)6)74-34-38-97-48-31-27-30-44(50(48)99-40-36-76-56(82-62(93)105-70(13,14)15)83-63(94)106-71(16,17)18)45-33-32-43(42-86-52(87)46-28-25-26-29-47(46)53(86)88)49(98-39-35-75-55(80-60(91)103-68(7,8)9)81-61(92)104-69(10,11)12)51(45)100-41-37-77-57(84-64(95)107-72(19,20)21)85-65(96)108-73(22,23)24/h25-33H,34-42H2,1-24H3,(H2,74,78,79,89,90)(H2,75,80,81,91,92)(H2,76,82,83,93,94)(H2,77,84,85,95,96). The number of nitrogens with zero attached hydrogens (tertiary/aromatic N) is 5. The molecule has 3 aromatic carbocycles. The fourth-order valence-electron chi connectivity index (χ4n) is 8.66. The highest BCUT2D eigenvalue weighted by atomic mass is 16.6. The summed E-state index contributed by atoms with van der Waals surface area (Å²) in [7, 11) is 0. The van der Waals surface area contributed by atoms with Crippen molar-refractivity contribution in [3.8, 4) is 34.1 Å². The van der Waals surface area contributed by atoms with Gasteiger partial charge in [0.05, 0.1) is 43.9 Å². The summed E-state index contributed by atoms with van der Waals surface area (Å²) in [5, 5.41) is 19.4. The van der Waals surface area contributed by atoms with Crippen molar-refractivity contribution in [1.29, 1.82) is 0 Å². The van der Waals surface area contributed by atoms with E-state index >= 15 is 0 Å². The van der Waals surface area contributed by atoms with Gasteiger partial charge < -0.3 is 56.8 Å². The molecule has 0 unspecified atom stereocenters. The number of benzene rings is 3. The molecule has 0 saturated heterocycles. The number of ether oxygens (including phenoxy) is 12. The molecule has 0 atom stereocenters. The largest absolute Gasteiger partial charge is 0.488 e. The van der Waals surface area contributed by atoms with Crippen molar-refractivity contribution < 1.29 is 105 Å². The van der Waals surface area contributed by atoms with Crippen molar-refractivity contribution in [1.82, 2.24) is 47.4 Å². The molecule has 10 amide bonds. The Morgan fingerprint density at radius 2 is 0.537 bits per heavy atom. The van der Waals surface area contributed by atoms with Crippen LogP contribution in [0.2, 0.25) is 0 Å². The van der Waals surface area contributed by atoms with Crippen molar-refractivity contribution in [2.24, 2.45) is 20.0 Å². The van der Waals surface area contributed by atoms with Gasteiger partial charge >= 0.3 is 48.7 Å². The summed E-state index contributed by atoms with van der Waals surface area (Å²) in [6.45, 7) is 35.8. The molecule has 108 heavy (non-hydrogen) atoms. The number of fused-ring (bicyclic) bond motifs is 1. The lowest BCUT2D eigenvalue weighted by molar-refractivity contribution is 0.0521. The summed E-state index contributed by atoms with van der Waals surface area (Å²) in [5.41, 5.74) is -7.15. The summed E-state index contributed by atoms with van der Waals surface area (Å²) < 4.78 is 70.1. The fraction of sp³-hybridized carbons (Fsp3) is 0.562. The minimum atomic E-state index is -0.997. The lowest BCUT2D eigenvalue weighted by atomic mass is 9.99. The highest BCUT2D eigenvalue weighted by Gasteiger charge is 2.37. The molecule has 35 nitrogen and oxygen atoms in total. The lowest BCUT2D eigenvalue weighted by Gasteiger charge is -2.24. The van der Waals surface area contributed by atoms with Gasteiger partial charge in [-0.1, -0.05) is 30.3 Å². The van der Waals surface area contributed by atoms with Gasteiger partial charge in [0.2, 0.25) is 23.8 Å². The summed E-state index contributed by atoms with van der Waals surface area (Å²) in [4.78, 5) is 153. The zero-order valence-electron chi connectivity index (χ0n) is 66.3. The first kappa shape index (κ1) is 89.2. The third-order valence-corrected chi connectivity index (χ3v) is 12.1. The number of aliphatic imine (C=N–C) groups is 4. The van der Waals surface area contributed by atoms with Gasteiger partial charge in [-0.15, -0.1) is 0 Å². The van der Waals surface area contributed by atoms with Crippen LogP contribution in [0.4, 0.5) is 38.4 Å². The van der Waals surface area contributed by atoms with E-state index in [2.05, 4.69) is 62.5 Å². The molecule has 596 valence electrons. The topological polar surface area (TPSA) is 430 Å². The van der Waals surface area contributed by atoms with E-state index in [1.54, 1.807) is 203 Å². The SMILES string of the molecule is CC(C)(C)OC(=O)NC(=NCCOc1cccc(-c2ccc(CN3C(=O)c4ccccc4C3=O)c(OCCN=C(NC(=O)OC(C)(C)C)NC(=O)OC(C)(C)C)c2OCCN=C(NC(=O)OC(C)(C)C)NC(=O)OC(C)(C)C)c1OCCN=C(NC(=O)OC(C)(C)C)NC(=O)OC(C)(C)C)NC(=O)OC(C)(C)C. The van der Waals surface area contributed by atoms with Crippen LogP contribution >= 0.6 is 0 Å². The Bertz CT molecular complexity index is 3690. The number of para-hydroxylation sites is 1. The maximum absolute atomic E-state index is 14.2. The number of carbonyl (C=O) groups is 10. The quantitative estimate of drug-likeness (QED) is 0.0182. The smallest absolute Gasteiger partial charge is 0.414 e.